The van der Waals surface area contributed by atoms with Crippen LogP contribution in [0.25, 0.3) is 11.8 Å². The Hall–Kier alpha value is -3.87. The first-order valence-corrected chi connectivity index (χ1v) is 10.8. The molecular formula is C26H24FN3O3. The van der Waals surface area contributed by atoms with Gasteiger partial charge in [-0.2, -0.15) is 0 Å². The number of nitrogens with zero attached hydrogens (tertiary/aromatic N) is 3. The highest BCUT2D eigenvalue weighted by Gasteiger charge is 2.36. The van der Waals surface area contributed by atoms with Crippen molar-refractivity contribution in [1.82, 2.24) is 14.5 Å². The summed E-state index contributed by atoms with van der Waals surface area (Å²) in [5, 5.41) is 0. The zero-order chi connectivity index (χ0) is 22.9. The maximum atomic E-state index is 13.5. The Kier molecular flexibility index (Phi) is 5.46. The third-order valence-corrected chi connectivity index (χ3v) is 6.03. The van der Waals surface area contributed by atoms with Crippen LogP contribution in [-0.2, 0) is 9.53 Å². The highest BCUT2D eigenvalue weighted by Crippen LogP contribution is 2.38. The number of hydrogen-bond acceptors (Lipinski definition) is 4. The van der Waals surface area contributed by atoms with Gasteiger partial charge in [0.15, 0.2) is 0 Å². The number of ether oxygens (including phenoxy) is 2. The topological polar surface area (TPSA) is 56.6 Å². The number of aromatic nitrogens is 2. The van der Waals surface area contributed by atoms with Gasteiger partial charge in [0.25, 0.3) is 5.91 Å². The van der Waals surface area contributed by atoms with Crippen LogP contribution in [0, 0.1) is 12.7 Å². The average molecular weight is 445 g/mol. The van der Waals surface area contributed by atoms with Gasteiger partial charge in [-0.1, -0.05) is 18.2 Å². The molecule has 0 spiro atoms. The van der Waals surface area contributed by atoms with Crippen LogP contribution in [0.3, 0.4) is 0 Å². The lowest BCUT2D eigenvalue weighted by molar-refractivity contribution is -0.130. The average Bonchev–Trinajstić information content (AvgIpc) is 3.27. The summed E-state index contributed by atoms with van der Waals surface area (Å²) in [7, 11) is 1.63. The minimum absolute atomic E-state index is 0.0570. The number of hydrogen-bond donors (Lipinski definition) is 0. The summed E-state index contributed by atoms with van der Waals surface area (Å²) in [5.74, 6) is 0.333. The van der Waals surface area contributed by atoms with Crippen molar-refractivity contribution in [3.8, 4) is 11.4 Å². The molecule has 2 aliphatic heterocycles. The number of carbonyl (C=O) groups excluding carboxylic acids is 1. The molecule has 1 saturated heterocycles. The molecule has 5 rings (SSSR count). The lowest BCUT2D eigenvalue weighted by Gasteiger charge is -2.40. The molecule has 0 bridgehead atoms. The van der Waals surface area contributed by atoms with E-state index in [0.717, 1.165) is 33.8 Å². The summed E-state index contributed by atoms with van der Waals surface area (Å²) >= 11 is 0. The number of benzene rings is 2. The highest BCUT2D eigenvalue weighted by molar-refractivity contribution is 6.00. The highest BCUT2D eigenvalue weighted by atomic mass is 19.1. The Labute approximate surface area is 191 Å². The summed E-state index contributed by atoms with van der Waals surface area (Å²) in [5.41, 5.74) is 5.09. The van der Waals surface area contributed by atoms with Gasteiger partial charge >= 0.3 is 0 Å². The lowest BCUT2D eigenvalue weighted by atomic mass is 9.94. The predicted octanol–water partition coefficient (Wildman–Crippen LogP) is 4.95. The van der Waals surface area contributed by atoms with E-state index in [2.05, 4.69) is 4.98 Å². The minimum atomic E-state index is -0.306. The number of amides is 1. The van der Waals surface area contributed by atoms with Gasteiger partial charge in [0, 0.05) is 11.8 Å². The molecule has 2 aromatic carbocycles. The Bertz CT molecular complexity index is 1260. The van der Waals surface area contributed by atoms with E-state index in [-0.39, 0.29) is 17.8 Å². The van der Waals surface area contributed by atoms with Crippen LogP contribution < -0.4 is 4.74 Å². The number of carbonyl (C=O) groups is 1. The van der Waals surface area contributed by atoms with Gasteiger partial charge in [-0.15, -0.1) is 0 Å². The van der Waals surface area contributed by atoms with Crippen LogP contribution >= 0.6 is 0 Å². The molecule has 1 atom stereocenters. The smallest absolute Gasteiger partial charge is 0.254 e. The first-order valence-electron chi connectivity index (χ1n) is 10.8. The molecule has 1 unspecified atom stereocenters. The standard InChI is InChI=1S/C26H24FN3O3/c1-17-13-29(16-28-17)23-10-3-18(12-25(23)32-2)11-20-6-9-22-14-33-15-24(30(22)26(20)31)19-4-7-21(27)8-5-19/h3-5,7-8,10-14,16,24H,6,9,15H2,1-2H3. The fourth-order valence-electron chi connectivity index (χ4n) is 4.36. The number of halogens is 1. The van der Waals surface area contributed by atoms with Crippen LogP contribution in [0.2, 0.25) is 0 Å². The van der Waals surface area contributed by atoms with Crippen molar-refractivity contribution >= 4 is 12.0 Å². The summed E-state index contributed by atoms with van der Waals surface area (Å²) in [6.07, 6.45) is 8.58. The van der Waals surface area contributed by atoms with Gasteiger partial charge < -0.3 is 14.0 Å². The number of imidazole rings is 1. The van der Waals surface area contributed by atoms with Crippen molar-refractivity contribution in [3.63, 3.8) is 0 Å². The largest absolute Gasteiger partial charge is 0.497 e. The van der Waals surface area contributed by atoms with E-state index in [0.29, 0.717) is 25.2 Å². The van der Waals surface area contributed by atoms with Gasteiger partial charge in [0.2, 0.25) is 0 Å². The van der Waals surface area contributed by atoms with E-state index >= 15 is 0 Å². The van der Waals surface area contributed by atoms with Crippen molar-refractivity contribution in [2.24, 2.45) is 0 Å². The molecular weight excluding hydrogens is 421 g/mol. The lowest BCUT2D eigenvalue weighted by Crippen LogP contribution is -2.42. The normalized spacial score (nSPS) is 19.2. The fraction of sp³-hybridized carbons (Fsp3) is 0.231. The van der Waals surface area contributed by atoms with Crippen LogP contribution in [0.1, 0.15) is 35.7 Å². The number of rotatable bonds is 4. The SMILES string of the molecule is COc1cc(C=C2CCC3=COCC(c4ccc(F)cc4)N3C2=O)ccc1-n1cnc(C)c1. The molecule has 7 heteroatoms. The van der Waals surface area contributed by atoms with E-state index < -0.39 is 0 Å². The number of aryl methyl sites for hydroxylation is 1. The quantitative estimate of drug-likeness (QED) is 0.534. The van der Waals surface area contributed by atoms with Gasteiger partial charge in [-0.05, 0) is 61.2 Å². The van der Waals surface area contributed by atoms with Crippen molar-refractivity contribution in [3.05, 3.63) is 95.2 Å². The molecule has 0 saturated carbocycles. The molecule has 6 nitrogen and oxygen atoms in total. The van der Waals surface area contributed by atoms with E-state index in [1.807, 2.05) is 42.0 Å². The van der Waals surface area contributed by atoms with E-state index in [4.69, 9.17) is 9.47 Å². The Morgan fingerprint density at radius 1 is 1.18 bits per heavy atom. The Balaban J connectivity index is 1.46. The third-order valence-electron chi connectivity index (χ3n) is 6.03. The van der Waals surface area contributed by atoms with Crippen LogP contribution in [0.5, 0.6) is 5.75 Å². The molecule has 3 heterocycles. The molecule has 1 fully saturated rings. The van der Waals surface area contributed by atoms with E-state index in [1.54, 1.807) is 36.7 Å². The molecule has 33 heavy (non-hydrogen) atoms. The Morgan fingerprint density at radius 3 is 2.73 bits per heavy atom. The van der Waals surface area contributed by atoms with Gasteiger partial charge in [-0.25, -0.2) is 9.37 Å². The van der Waals surface area contributed by atoms with Crippen LogP contribution in [0.4, 0.5) is 4.39 Å². The van der Waals surface area contributed by atoms with Crippen molar-refractivity contribution < 1.29 is 18.7 Å². The summed E-state index contributed by atoms with van der Waals surface area (Å²) in [4.78, 5) is 19.6. The molecule has 2 aliphatic rings. The molecule has 0 N–H and O–H groups in total. The molecule has 0 radical (unpaired) electrons. The van der Waals surface area contributed by atoms with Crippen LogP contribution in [-0.4, -0.2) is 34.1 Å². The van der Waals surface area contributed by atoms with Gasteiger partial charge in [-0.3, -0.25) is 9.69 Å². The number of methoxy groups -OCH3 is 1. The number of piperidine rings is 1. The zero-order valence-corrected chi connectivity index (χ0v) is 18.5. The zero-order valence-electron chi connectivity index (χ0n) is 18.5. The van der Waals surface area contributed by atoms with Crippen molar-refractivity contribution in [2.75, 3.05) is 13.7 Å². The van der Waals surface area contributed by atoms with Crippen molar-refractivity contribution in [2.45, 2.75) is 25.8 Å². The Morgan fingerprint density at radius 2 is 2.00 bits per heavy atom. The minimum Gasteiger partial charge on any atom is -0.497 e. The van der Waals surface area contributed by atoms with E-state index in [9.17, 15) is 9.18 Å². The number of allylic oxidation sites excluding steroid dienone is 1. The third kappa shape index (κ3) is 4.02. The summed E-state index contributed by atoms with van der Waals surface area (Å²) in [6, 6.07) is 11.8. The van der Waals surface area contributed by atoms with E-state index in [1.165, 1.54) is 12.1 Å². The first kappa shape index (κ1) is 21.0. The monoisotopic (exact) mass is 445 g/mol. The van der Waals surface area contributed by atoms with Crippen LogP contribution in [0.15, 0.2) is 72.5 Å². The molecule has 168 valence electrons. The summed E-state index contributed by atoms with van der Waals surface area (Å²) in [6.45, 7) is 2.27. The molecule has 1 amide bonds. The molecule has 3 aromatic rings. The van der Waals surface area contributed by atoms with Gasteiger partial charge in [0.1, 0.15) is 24.4 Å². The second kappa shape index (κ2) is 8.58. The summed E-state index contributed by atoms with van der Waals surface area (Å²) < 4.78 is 26.6. The molecule has 0 aliphatic carbocycles. The maximum absolute atomic E-state index is 13.5. The van der Waals surface area contributed by atoms with Gasteiger partial charge in [0.05, 0.1) is 36.6 Å². The maximum Gasteiger partial charge on any atom is 0.254 e. The molecule has 1 aromatic heterocycles. The second-order valence-corrected chi connectivity index (χ2v) is 8.21. The second-order valence-electron chi connectivity index (χ2n) is 8.21. The van der Waals surface area contributed by atoms with Crippen molar-refractivity contribution in [1.29, 1.82) is 0 Å². The number of fused-ring (bicyclic) bond motifs is 1. The predicted molar refractivity (Wildman–Crippen MR) is 122 cm³/mol. The first-order chi connectivity index (χ1) is 16.0. The fourth-order valence-corrected chi connectivity index (χ4v) is 4.36.